The van der Waals surface area contributed by atoms with E-state index in [0.29, 0.717) is 27.7 Å². The molecule has 1 atom stereocenters. The van der Waals surface area contributed by atoms with Gasteiger partial charge in [0, 0.05) is 5.56 Å². The molecule has 0 fully saturated rings. The SMILES string of the molecule is COC(=O)[C@@H](N)Cc1ccc(C(=O)Nc2c(Cl)cccc2Cl)cc1.Cl. The largest absolute Gasteiger partial charge is 0.468 e. The standard InChI is InChI=1S/C17H16Cl2N2O3.ClH/c1-24-17(23)14(20)9-10-5-7-11(8-6-10)16(22)21-15-12(18)3-2-4-13(15)19;/h2-8,14H,9,20H2,1H3,(H,21,22);1H/t14-;/m0./s1. The Hall–Kier alpha value is -1.79. The number of hydrogen-bond donors (Lipinski definition) is 2. The predicted octanol–water partition coefficient (Wildman–Crippen LogP) is 3.71. The second-order valence-corrected chi connectivity index (χ2v) is 5.90. The summed E-state index contributed by atoms with van der Waals surface area (Å²) in [6.45, 7) is 0. The fraction of sp³-hybridized carbons (Fsp3) is 0.176. The Morgan fingerprint density at radius 2 is 1.68 bits per heavy atom. The number of nitrogens with one attached hydrogen (secondary N) is 1. The first-order chi connectivity index (χ1) is 11.4. The minimum atomic E-state index is -0.739. The van der Waals surface area contributed by atoms with Crippen LogP contribution in [0.5, 0.6) is 0 Å². The third-order valence-electron chi connectivity index (χ3n) is 3.38. The Balaban J connectivity index is 0.00000312. The van der Waals surface area contributed by atoms with Crippen LogP contribution in [0.4, 0.5) is 5.69 Å². The van der Waals surface area contributed by atoms with Crippen molar-refractivity contribution < 1.29 is 14.3 Å². The molecule has 8 heteroatoms. The van der Waals surface area contributed by atoms with Gasteiger partial charge in [0.25, 0.3) is 5.91 Å². The molecule has 0 aromatic heterocycles. The molecule has 0 unspecified atom stereocenters. The molecule has 0 aliphatic heterocycles. The van der Waals surface area contributed by atoms with Crippen molar-refractivity contribution in [3.8, 4) is 0 Å². The predicted molar refractivity (Wildman–Crippen MR) is 102 cm³/mol. The van der Waals surface area contributed by atoms with Crippen molar-refractivity contribution >= 4 is 53.2 Å². The summed E-state index contributed by atoms with van der Waals surface area (Å²) in [5.41, 5.74) is 7.32. The maximum absolute atomic E-state index is 12.3. The molecule has 0 heterocycles. The molecule has 0 aliphatic rings. The molecule has 0 saturated carbocycles. The third kappa shape index (κ3) is 5.61. The summed E-state index contributed by atoms with van der Waals surface area (Å²) >= 11 is 12.1. The second-order valence-electron chi connectivity index (χ2n) is 5.08. The van der Waals surface area contributed by atoms with Gasteiger partial charge in [0.15, 0.2) is 0 Å². The van der Waals surface area contributed by atoms with Crippen LogP contribution in [0.3, 0.4) is 0 Å². The molecule has 0 bridgehead atoms. The van der Waals surface area contributed by atoms with E-state index >= 15 is 0 Å². The van der Waals surface area contributed by atoms with Gasteiger partial charge >= 0.3 is 5.97 Å². The van der Waals surface area contributed by atoms with Crippen molar-refractivity contribution in [1.29, 1.82) is 0 Å². The van der Waals surface area contributed by atoms with Gasteiger partial charge in [-0.3, -0.25) is 9.59 Å². The topological polar surface area (TPSA) is 81.4 Å². The van der Waals surface area contributed by atoms with E-state index in [1.807, 2.05) is 0 Å². The van der Waals surface area contributed by atoms with Crippen LogP contribution in [0.25, 0.3) is 0 Å². The average molecular weight is 404 g/mol. The van der Waals surface area contributed by atoms with E-state index in [9.17, 15) is 9.59 Å². The quantitative estimate of drug-likeness (QED) is 0.746. The number of ether oxygens (including phenoxy) is 1. The number of carbonyl (C=O) groups is 2. The summed E-state index contributed by atoms with van der Waals surface area (Å²) in [4.78, 5) is 23.6. The fourth-order valence-corrected chi connectivity index (χ4v) is 2.58. The van der Waals surface area contributed by atoms with Crippen LogP contribution in [0.2, 0.25) is 10.0 Å². The van der Waals surface area contributed by atoms with Crippen LogP contribution in [0.1, 0.15) is 15.9 Å². The van der Waals surface area contributed by atoms with Crippen molar-refractivity contribution in [3.63, 3.8) is 0 Å². The summed E-state index contributed by atoms with van der Waals surface area (Å²) in [7, 11) is 1.29. The van der Waals surface area contributed by atoms with Crippen LogP contribution in [0.15, 0.2) is 42.5 Å². The number of hydrogen-bond acceptors (Lipinski definition) is 4. The smallest absolute Gasteiger partial charge is 0.322 e. The zero-order chi connectivity index (χ0) is 17.7. The molecule has 25 heavy (non-hydrogen) atoms. The molecule has 2 aromatic carbocycles. The number of nitrogens with two attached hydrogens (primary N) is 1. The van der Waals surface area contributed by atoms with Gasteiger partial charge in [0.2, 0.25) is 0 Å². The van der Waals surface area contributed by atoms with Gasteiger partial charge in [-0.15, -0.1) is 12.4 Å². The number of rotatable bonds is 5. The van der Waals surface area contributed by atoms with E-state index in [2.05, 4.69) is 10.1 Å². The van der Waals surface area contributed by atoms with Gasteiger partial charge < -0.3 is 15.8 Å². The summed E-state index contributed by atoms with van der Waals surface area (Å²) in [6.07, 6.45) is 0.324. The summed E-state index contributed by atoms with van der Waals surface area (Å²) in [6, 6.07) is 11.0. The van der Waals surface area contributed by atoms with Crippen LogP contribution < -0.4 is 11.1 Å². The Morgan fingerprint density at radius 1 is 1.12 bits per heavy atom. The van der Waals surface area contributed by atoms with Crippen molar-refractivity contribution in [2.75, 3.05) is 12.4 Å². The van der Waals surface area contributed by atoms with E-state index in [0.717, 1.165) is 5.56 Å². The van der Waals surface area contributed by atoms with E-state index in [1.165, 1.54) is 7.11 Å². The van der Waals surface area contributed by atoms with Crippen LogP contribution >= 0.6 is 35.6 Å². The monoisotopic (exact) mass is 402 g/mol. The second kappa shape index (κ2) is 9.63. The van der Waals surface area contributed by atoms with Gasteiger partial charge in [-0.25, -0.2) is 0 Å². The zero-order valence-electron chi connectivity index (χ0n) is 13.3. The lowest BCUT2D eigenvalue weighted by atomic mass is 10.0. The fourth-order valence-electron chi connectivity index (χ4n) is 2.08. The molecular weight excluding hydrogens is 387 g/mol. The number of esters is 1. The van der Waals surface area contributed by atoms with Crippen molar-refractivity contribution in [3.05, 3.63) is 63.6 Å². The highest BCUT2D eigenvalue weighted by molar-refractivity contribution is 6.40. The lowest BCUT2D eigenvalue weighted by Gasteiger charge is -2.11. The van der Waals surface area contributed by atoms with E-state index in [4.69, 9.17) is 28.9 Å². The highest BCUT2D eigenvalue weighted by atomic mass is 35.5. The molecule has 134 valence electrons. The third-order valence-corrected chi connectivity index (χ3v) is 4.01. The van der Waals surface area contributed by atoms with Gasteiger partial charge in [0.1, 0.15) is 6.04 Å². The normalized spacial score (nSPS) is 11.2. The molecule has 2 rings (SSSR count). The summed E-state index contributed by atoms with van der Waals surface area (Å²) in [5.74, 6) is -0.820. The lowest BCUT2D eigenvalue weighted by Crippen LogP contribution is -2.33. The lowest BCUT2D eigenvalue weighted by molar-refractivity contribution is -0.142. The molecule has 3 N–H and O–H groups in total. The van der Waals surface area contributed by atoms with Gasteiger partial charge in [0.05, 0.1) is 22.8 Å². The minimum absolute atomic E-state index is 0. The van der Waals surface area contributed by atoms with Gasteiger partial charge in [-0.1, -0.05) is 41.4 Å². The van der Waals surface area contributed by atoms with Crippen molar-refractivity contribution in [1.82, 2.24) is 0 Å². The number of carbonyl (C=O) groups excluding carboxylic acids is 2. The molecule has 5 nitrogen and oxygen atoms in total. The first-order valence-electron chi connectivity index (χ1n) is 7.10. The van der Waals surface area contributed by atoms with Gasteiger partial charge in [-0.2, -0.15) is 0 Å². The van der Waals surface area contributed by atoms with Crippen LogP contribution in [0, 0.1) is 0 Å². The first kappa shape index (κ1) is 21.3. The first-order valence-corrected chi connectivity index (χ1v) is 7.85. The van der Waals surface area contributed by atoms with Gasteiger partial charge in [-0.05, 0) is 36.2 Å². The van der Waals surface area contributed by atoms with E-state index in [-0.39, 0.29) is 18.3 Å². The number of amides is 1. The highest BCUT2D eigenvalue weighted by Crippen LogP contribution is 2.30. The summed E-state index contributed by atoms with van der Waals surface area (Å²) < 4.78 is 4.58. The Bertz CT molecular complexity index is 731. The highest BCUT2D eigenvalue weighted by Gasteiger charge is 2.15. The Kier molecular flexibility index (Phi) is 8.19. The van der Waals surface area contributed by atoms with Crippen molar-refractivity contribution in [2.24, 2.45) is 5.73 Å². The maximum atomic E-state index is 12.3. The summed E-state index contributed by atoms with van der Waals surface area (Å²) in [5, 5.41) is 3.40. The number of anilines is 1. The zero-order valence-corrected chi connectivity index (χ0v) is 15.6. The van der Waals surface area contributed by atoms with E-state index in [1.54, 1.807) is 42.5 Å². The molecule has 1 amide bonds. The molecule has 0 radical (unpaired) electrons. The average Bonchev–Trinajstić information content (AvgIpc) is 2.58. The van der Waals surface area contributed by atoms with Crippen LogP contribution in [-0.4, -0.2) is 25.0 Å². The minimum Gasteiger partial charge on any atom is -0.468 e. The Labute approximate surface area is 161 Å². The Morgan fingerprint density at radius 3 is 2.20 bits per heavy atom. The number of halogens is 3. The van der Waals surface area contributed by atoms with Crippen molar-refractivity contribution in [2.45, 2.75) is 12.5 Å². The molecule has 0 spiro atoms. The number of para-hydroxylation sites is 1. The molecule has 0 aliphatic carbocycles. The van der Waals surface area contributed by atoms with Crippen LogP contribution in [-0.2, 0) is 16.0 Å². The molecule has 2 aromatic rings. The number of methoxy groups -OCH3 is 1. The molecule has 0 saturated heterocycles. The number of benzene rings is 2. The molecular formula is C17H17Cl3N2O3. The maximum Gasteiger partial charge on any atom is 0.322 e. The van der Waals surface area contributed by atoms with E-state index < -0.39 is 12.0 Å².